The lowest BCUT2D eigenvalue weighted by Gasteiger charge is -2.29. The number of hydrogen-bond donors (Lipinski definition) is 3. The second kappa shape index (κ2) is 10.5. The zero-order chi connectivity index (χ0) is 23.4. The van der Waals surface area contributed by atoms with Gasteiger partial charge in [0.1, 0.15) is 11.5 Å². The molecule has 2 aromatic heterocycles. The van der Waals surface area contributed by atoms with E-state index in [4.69, 9.17) is 4.63 Å². The van der Waals surface area contributed by atoms with E-state index in [-0.39, 0.29) is 27.5 Å². The van der Waals surface area contributed by atoms with E-state index in [2.05, 4.69) is 53.4 Å². The number of nitrogens with zero attached hydrogens (tertiary/aromatic N) is 5. The van der Waals surface area contributed by atoms with Crippen LogP contribution in [0, 0.1) is 5.82 Å². The number of aliphatic imine (C=N–C) groups is 1. The number of aromatic nitrogens is 3. The van der Waals surface area contributed by atoms with Crippen LogP contribution in [0.2, 0.25) is 0 Å². The normalized spacial score (nSPS) is 15.6. The Morgan fingerprint density at radius 1 is 1.39 bits per heavy atom. The summed E-state index contributed by atoms with van der Waals surface area (Å²) in [5, 5.41) is 22.2. The standard InChI is InChI=1S/C20H21BrFN7O3S/c1-2-29-7-5-11(6-8-29)20-24-15(10-33-20)19(30)25-18-16(27-32-28-18)17(26-31)23-12-3-4-14(22)13(21)9-12/h3-4,9-11,31H,2,5-8H2,1H3,(H,23,26)(H,25,28,30). The van der Waals surface area contributed by atoms with Crippen molar-refractivity contribution in [3.05, 3.63) is 50.3 Å². The van der Waals surface area contributed by atoms with E-state index in [1.165, 1.54) is 29.5 Å². The van der Waals surface area contributed by atoms with Crippen molar-refractivity contribution in [1.29, 1.82) is 0 Å². The van der Waals surface area contributed by atoms with E-state index in [0.717, 1.165) is 37.5 Å². The lowest BCUT2D eigenvalue weighted by atomic mass is 9.98. The summed E-state index contributed by atoms with van der Waals surface area (Å²) < 4.78 is 18.4. The minimum absolute atomic E-state index is 0.0336. The number of nitrogens with one attached hydrogen (secondary N) is 2. The molecule has 0 radical (unpaired) electrons. The Morgan fingerprint density at radius 2 is 2.18 bits per heavy atom. The molecule has 174 valence electrons. The fraction of sp³-hybridized carbons (Fsp3) is 0.350. The van der Waals surface area contributed by atoms with Crippen LogP contribution in [-0.2, 0) is 0 Å². The number of piperidine rings is 1. The van der Waals surface area contributed by atoms with Gasteiger partial charge in [0.2, 0.25) is 5.82 Å². The van der Waals surface area contributed by atoms with Crippen LogP contribution in [0.1, 0.15) is 46.9 Å². The van der Waals surface area contributed by atoms with Crippen LogP contribution in [0.15, 0.2) is 37.7 Å². The topological polar surface area (TPSA) is 129 Å². The summed E-state index contributed by atoms with van der Waals surface area (Å²) in [6.45, 7) is 5.24. The minimum Gasteiger partial charge on any atom is -0.304 e. The molecule has 1 fully saturated rings. The summed E-state index contributed by atoms with van der Waals surface area (Å²) in [5.41, 5.74) is 2.45. The Kier molecular flexibility index (Phi) is 7.42. The van der Waals surface area contributed by atoms with Crippen molar-refractivity contribution in [3.63, 3.8) is 0 Å². The number of amides is 1. The molecule has 1 amide bonds. The second-order valence-corrected chi connectivity index (χ2v) is 9.11. The summed E-state index contributed by atoms with van der Waals surface area (Å²) in [6.07, 6.45) is 2.03. The van der Waals surface area contributed by atoms with Gasteiger partial charge in [-0.25, -0.2) is 19.0 Å². The van der Waals surface area contributed by atoms with Crippen molar-refractivity contribution in [2.45, 2.75) is 25.7 Å². The van der Waals surface area contributed by atoms with Gasteiger partial charge in [0.15, 0.2) is 11.5 Å². The SMILES string of the molecule is CCN1CCC(c2nc(C(=O)Nc3nonc3C(=Nc3ccc(F)c(Br)c3)NO)cs2)CC1. The van der Waals surface area contributed by atoms with Crippen molar-refractivity contribution in [2.24, 2.45) is 4.99 Å². The van der Waals surface area contributed by atoms with E-state index in [9.17, 15) is 14.4 Å². The highest BCUT2D eigenvalue weighted by Crippen LogP contribution is 2.30. The first-order valence-corrected chi connectivity index (χ1v) is 11.9. The summed E-state index contributed by atoms with van der Waals surface area (Å²) >= 11 is 4.54. The molecule has 1 aromatic carbocycles. The molecular formula is C20H21BrFN7O3S. The predicted octanol–water partition coefficient (Wildman–Crippen LogP) is 3.94. The lowest BCUT2D eigenvalue weighted by molar-refractivity contribution is 0.102. The molecule has 3 N–H and O–H groups in total. The van der Waals surface area contributed by atoms with Gasteiger partial charge in [-0.1, -0.05) is 6.92 Å². The number of halogens is 2. The van der Waals surface area contributed by atoms with Crippen LogP contribution in [0.4, 0.5) is 15.9 Å². The third-order valence-electron chi connectivity index (χ3n) is 5.33. The van der Waals surface area contributed by atoms with Gasteiger partial charge in [-0.05, 0) is 76.9 Å². The first kappa shape index (κ1) is 23.4. The molecule has 33 heavy (non-hydrogen) atoms. The molecule has 0 unspecified atom stereocenters. The van der Waals surface area contributed by atoms with Crippen molar-refractivity contribution >= 4 is 50.5 Å². The number of carbonyl (C=O) groups excluding carboxylic acids is 1. The quantitative estimate of drug-likeness (QED) is 0.245. The zero-order valence-corrected chi connectivity index (χ0v) is 20.0. The van der Waals surface area contributed by atoms with Gasteiger partial charge in [-0.15, -0.1) is 11.3 Å². The van der Waals surface area contributed by atoms with Crippen LogP contribution < -0.4 is 10.8 Å². The van der Waals surface area contributed by atoms with E-state index in [1.807, 2.05) is 5.48 Å². The van der Waals surface area contributed by atoms with Crippen LogP contribution in [0.5, 0.6) is 0 Å². The molecule has 0 aliphatic carbocycles. The molecule has 10 nitrogen and oxygen atoms in total. The highest BCUT2D eigenvalue weighted by Gasteiger charge is 2.25. The van der Waals surface area contributed by atoms with Gasteiger partial charge in [-0.3, -0.25) is 15.5 Å². The second-order valence-electron chi connectivity index (χ2n) is 7.37. The Labute approximate surface area is 201 Å². The lowest BCUT2D eigenvalue weighted by Crippen LogP contribution is -2.32. The summed E-state index contributed by atoms with van der Waals surface area (Å²) in [4.78, 5) is 23.8. The number of rotatable bonds is 6. The van der Waals surface area contributed by atoms with Gasteiger partial charge in [-0.2, -0.15) is 0 Å². The fourth-order valence-electron chi connectivity index (χ4n) is 3.49. The monoisotopic (exact) mass is 537 g/mol. The first-order valence-electron chi connectivity index (χ1n) is 10.2. The number of thiazole rings is 1. The number of anilines is 1. The van der Waals surface area contributed by atoms with Crippen LogP contribution in [0.25, 0.3) is 0 Å². The zero-order valence-electron chi connectivity index (χ0n) is 17.6. The molecule has 0 spiro atoms. The van der Waals surface area contributed by atoms with Gasteiger partial charge in [0.25, 0.3) is 5.91 Å². The molecule has 13 heteroatoms. The number of likely N-dealkylation sites (tertiary alicyclic amines) is 1. The smallest absolute Gasteiger partial charge is 0.276 e. The molecule has 3 heterocycles. The molecule has 3 aromatic rings. The molecule has 4 rings (SSSR count). The molecule has 0 saturated carbocycles. The fourth-order valence-corrected chi connectivity index (χ4v) is 4.83. The molecule has 1 aliphatic heterocycles. The molecule has 0 bridgehead atoms. The van der Waals surface area contributed by atoms with Gasteiger partial charge >= 0.3 is 0 Å². The minimum atomic E-state index is -0.484. The molecule has 1 saturated heterocycles. The van der Waals surface area contributed by atoms with Crippen molar-refractivity contribution in [1.82, 2.24) is 25.7 Å². The van der Waals surface area contributed by atoms with Gasteiger partial charge < -0.3 is 10.2 Å². The Bertz CT molecular complexity index is 1160. The third-order valence-corrected chi connectivity index (χ3v) is 6.95. The van der Waals surface area contributed by atoms with E-state index < -0.39 is 11.7 Å². The maximum atomic E-state index is 13.5. The number of benzene rings is 1. The molecular weight excluding hydrogens is 517 g/mol. The highest BCUT2D eigenvalue weighted by molar-refractivity contribution is 9.10. The van der Waals surface area contributed by atoms with E-state index in [0.29, 0.717) is 11.6 Å². The van der Waals surface area contributed by atoms with Crippen LogP contribution >= 0.6 is 27.3 Å². The summed E-state index contributed by atoms with van der Waals surface area (Å²) in [6, 6.07) is 4.04. The van der Waals surface area contributed by atoms with Crippen LogP contribution in [0.3, 0.4) is 0 Å². The first-order chi connectivity index (χ1) is 16.0. The average molecular weight is 538 g/mol. The number of amidine groups is 1. The summed E-state index contributed by atoms with van der Waals surface area (Å²) in [5.74, 6) is -0.792. The van der Waals surface area contributed by atoms with Crippen LogP contribution in [-0.4, -0.2) is 56.8 Å². The maximum absolute atomic E-state index is 13.5. The Hall–Kier alpha value is -2.74. The van der Waals surface area contributed by atoms with Gasteiger partial charge in [0.05, 0.1) is 15.2 Å². The Balaban J connectivity index is 1.48. The number of hydroxylamine groups is 1. The highest BCUT2D eigenvalue weighted by atomic mass is 79.9. The summed E-state index contributed by atoms with van der Waals surface area (Å²) in [7, 11) is 0. The van der Waals surface area contributed by atoms with Gasteiger partial charge in [0, 0.05) is 11.3 Å². The van der Waals surface area contributed by atoms with E-state index >= 15 is 0 Å². The van der Waals surface area contributed by atoms with Crippen molar-refractivity contribution < 1.29 is 19.0 Å². The molecule has 0 atom stereocenters. The third kappa shape index (κ3) is 5.43. The van der Waals surface area contributed by atoms with E-state index in [1.54, 1.807) is 5.38 Å². The Morgan fingerprint density at radius 3 is 2.88 bits per heavy atom. The number of carbonyl (C=O) groups is 1. The number of hydrogen-bond acceptors (Lipinski definition) is 9. The predicted molar refractivity (Wildman–Crippen MR) is 124 cm³/mol. The average Bonchev–Trinajstić information content (AvgIpc) is 3.50. The van der Waals surface area contributed by atoms with Crippen molar-refractivity contribution in [2.75, 3.05) is 25.0 Å². The molecule has 1 aliphatic rings. The largest absolute Gasteiger partial charge is 0.304 e. The maximum Gasteiger partial charge on any atom is 0.276 e. The van der Waals surface area contributed by atoms with Crippen molar-refractivity contribution in [3.8, 4) is 0 Å².